The van der Waals surface area contributed by atoms with E-state index in [0.717, 1.165) is 23.3 Å². The van der Waals surface area contributed by atoms with Gasteiger partial charge in [0.2, 0.25) is 5.91 Å². The molecule has 0 atom stereocenters. The predicted molar refractivity (Wildman–Crippen MR) is 98.4 cm³/mol. The molecule has 0 aliphatic heterocycles. The van der Waals surface area contributed by atoms with Crippen molar-refractivity contribution in [3.63, 3.8) is 0 Å². The smallest absolute Gasteiger partial charge is 0.244 e. The lowest BCUT2D eigenvalue weighted by Gasteiger charge is -2.10. The third-order valence-corrected chi connectivity index (χ3v) is 4.36. The van der Waals surface area contributed by atoms with E-state index in [1.165, 1.54) is 11.1 Å². The highest BCUT2D eigenvalue weighted by Crippen LogP contribution is 2.21. The number of anilines is 1. The number of hydrogen-bond donors (Lipinski definition) is 1. The molecule has 0 saturated carbocycles. The first kappa shape index (κ1) is 16.7. The van der Waals surface area contributed by atoms with Gasteiger partial charge in [-0.25, -0.2) is 4.98 Å². The Balaban J connectivity index is 1.87. The van der Waals surface area contributed by atoms with E-state index in [4.69, 9.17) is 5.26 Å². The molecule has 0 bridgehead atoms. The molecule has 0 saturated heterocycles. The minimum absolute atomic E-state index is 0.114. The third-order valence-electron chi connectivity index (χ3n) is 4.36. The molecular weight excluding hydrogens is 312 g/mol. The second-order valence-corrected chi connectivity index (χ2v) is 6.13. The van der Waals surface area contributed by atoms with E-state index >= 15 is 0 Å². The summed E-state index contributed by atoms with van der Waals surface area (Å²) < 4.78 is 1.97. The minimum Gasteiger partial charge on any atom is -0.325 e. The van der Waals surface area contributed by atoms with Crippen molar-refractivity contribution in [3.8, 4) is 6.07 Å². The number of nitrogens with zero attached hydrogens (tertiary/aromatic N) is 3. The van der Waals surface area contributed by atoms with Crippen molar-refractivity contribution >= 4 is 22.6 Å². The van der Waals surface area contributed by atoms with Gasteiger partial charge in [0.25, 0.3) is 0 Å². The Labute approximate surface area is 146 Å². The van der Waals surface area contributed by atoms with Gasteiger partial charge in [-0.2, -0.15) is 5.26 Å². The van der Waals surface area contributed by atoms with Crippen LogP contribution in [0.1, 0.15) is 29.4 Å². The number of imidazole rings is 1. The molecule has 0 unspecified atom stereocenters. The quantitative estimate of drug-likeness (QED) is 0.791. The molecule has 3 rings (SSSR count). The molecule has 126 valence electrons. The van der Waals surface area contributed by atoms with Crippen LogP contribution in [-0.2, 0) is 17.8 Å². The van der Waals surface area contributed by atoms with Gasteiger partial charge >= 0.3 is 0 Å². The number of benzene rings is 2. The number of fused-ring (bicyclic) bond motifs is 1. The second-order valence-electron chi connectivity index (χ2n) is 6.13. The lowest BCUT2D eigenvalue weighted by atomic mass is 10.1. The molecule has 0 aliphatic carbocycles. The zero-order valence-corrected chi connectivity index (χ0v) is 14.6. The van der Waals surface area contributed by atoms with Crippen LogP contribution < -0.4 is 5.32 Å². The first-order chi connectivity index (χ1) is 12.0. The third kappa shape index (κ3) is 3.38. The molecule has 25 heavy (non-hydrogen) atoms. The van der Waals surface area contributed by atoms with E-state index < -0.39 is 0 Å². The highest BCUT2D eigenvalue weighted by molar-refractivity contribution is 5.92. The van der Waals surface area contributed by atoms with Crippen LogP contribution in [0, 0.1) is 25.2 Å². The normalized spacial score (nSPS) is 10.6. The number of nitrogens with one attached hydrogen (secondary N) is 1. The first-order valence-corrected chi connectivity index (χ1v) is 8.28. The summed E-state index contributed by atoms with van der Waals surface area (Å²) in [6, 6.07) is 13.1. The van der Waals surface area contributed by atoms with E-state index in [2.05, 4.69) is 42.4 Å². The van der Waals surface area contributed by atoms with Crippen LogP contribution in [0.2, 0.25) is 0 Å². The van der Waals surface area contributed by atoms with E-state index in [1.807, 2.05) is 11.5 Å². The molecule has 1 aromatic heterocycles. The van der Waals surface area contributed by atoms with Crippen molar-refractivity contribution in [2.75, 3.05) is 5.32 Å². The Hall–Kier alpha value is -3.13. The zero-order valence-electron chi connectivity index (χ0n) is 14.6. The summed E-state index contributed by atoms with van der Waals surface area (Å²) in [5.74, 6) is 0.784. The van der Waals surface area contributed by atoms with Crippen molar-refractivity contribution < 1.29 is 4.79 Å². The molecule has 3 aromatic rings. The number of rotatable bonds is 4. The van der Waals surface area contributed by atoms with Crippen LogP contribution in [0.4, 0.5) is 5.69 Å². The molecule has 0 fully saturated rings. The SMILES string of the molecule is CCc1nc2cc(C)c(C)cc2n1CC(=O)Nc1ccc(C#N)cc1. The predicted octanol–water partition coefficient (Wildman–Crippen LogP) is 3.73. The Morgan fingerprint density at radius 1 is 1.20 bits per heavy atom. The van der Waals surface area contributed by atoms with Gasteiger partial charge in [0.15, 0.2) is 0 Å². The number of carbonyl (C=O) groups is 1. The molecule has 0 radical (unpaired) electrons. The molecule has 5 nitrogen and oxygen atoms in total. The van der Waals surface area contributed by atoms with Crippen LogP contribution in [0.3, 0.4) is 0 Å². The van der Waals surface area contributed by atoms with Crippen molar-refractivity contribution in [1.29, 1.82) is 5.26 Å². The maximum absolute atomic E-state index is 12.5. The van der Waals surface area contributed by atoms with Crippen molar-refractivity contribution in [1.82, 2.24) is 9.55 Å². The Morgan fingerprint density at radius 2 is 1.88 bits per heavy atom. The van der Waals surface area contributed by atoms with Crippen molar-refractivity contribution in [2.45, 2.75) is 33.7 Å². The Bertz CT molecular complexity index is 978. The minimum atomic E-state index is -0.114. The molecule has 0 spiro atoms. The monoisotopic (exact) mass is 332 g/mol. The molecule has 0 aliphatic rings. The molecule has 1 N–H and O–H groups in total. The highest BCUT2D eigenvalue weighted by atomic mass is 16.1. The number of hydrogen-bond acceptors (Lipinski definition) is 3. The summed E-state index contributed by atoms with van der Waals surface area (Å²) in [5, 5.41) is 11.7. The number of nitriles is 1. The number of aromatic nitrogens is 2. The summed E-state index contributed by atoms with van der Waals surface area (Å²) in [6.07, 6.45) is 0.761. The van der Waals surface area contributed by atoms with Gasteiger partial charge in [-0.3, -0.25) is 4.79 Å². The van der Waals surface area contributed by atoms with Crippen LogP contribution in [0.5, 0.6) is 0 Å². The van der Waals surface area contributed by atoms with E-state index in [-0.39, 0.29) is 12.5 Å². The fraction of sp³-hybridized carbons (Fsp3) is 0.250. The summed E-state index contributed by atoms with van der Waals surface area (Å²) >= 11 is 0. The molecule has 2 aromatic carbocycles. The van der Waals surface area contributed by atoms with Gasteiger partial charge < -0.3 is 9.88 Å². The van der Waals surface area contributed by atoms with E-state index in [0.29, 0.717) is 11.3 Å². The highest BCUT2D eigenvalue weighted by Gasteiger charge is 2.14. The summed E-state index contributed by atoms with van der Waals surface area (Å²) in [5.41, 5.74) is 5.53. The number of amides is 1. The summed E-state index contributed by atoms with van der Waals surface area (Å²) in [7, 11) is 0. The lowest BCUT2D eigenvalue weighted by molar-refractivity contribution is -0.116. The first-order valence-electron chi connectivity index (χ1n) is 8.28. The zero-order chi connectivity index (χ0) is 18.0. The molecular formula is C20H20N4O. The number of aryl methyl sites for hydroxylation is 3. The van der Waals surface area contributed by atoms with Gasteiger partial charge in [-0.1, -0.05) is 6.92 Å². The maximum Gasteiger partial charge on any atom is 0.244 e. The van der Waals surface area contributed by atoms with Crippen LogP contribution in [-0.4, -0.2) is 15.5 Å². The Kier molecular flexibility index (Phi) is 4.53. The van der Waals surface area contributed by atoms with Gasteiger partial charge in [-0.15, -0.1) is 0 Å². The average molecular weight is 332 g/mol. The Morgan fingerprint density at radius 3 is 2.52 bits per heavy atom. The largest absolute Gasteiger partial charge is 0.325 e. The molecule has 1 heterocycles. The molecule has 5 heteroatoms. The van der Waals surface area contributed by atoms with Crippen LogP contribution in [0.25, 0.3) is 11.0 Å². The fourth-order valence-electron chi connectivity index (χ4n) is 2.85. The second kappa shape index (κ2) is 6.78. The van der Waals surface area contributed by atoms with E-state index in [1.54, 1.807) is 24.3 Å². The fourth-order valence-corrected chi connectivity index (χ4v) is 2.85. The van der Waals surface area contributed by atoms with Crippen LogP contribution >= 0.6 is 0 Å². The standard InChI is InChI=1S/C20H20N4O/c1-4-19-23-17-9-13(2)14(3)10-18(17)24(19)12-20(25)22-16-7-5-15(11-21)6-8-16/h5-10H,4,12H2,1-3H3,(H,22,25). The molecule has 1 amide bonds. The van der Waals surface area contributed by atoms with E-state index in [9.17, 15) is 4.79 Å². The van der Waals surface area contributed by atoms with Crippen molar-refractivity contribution in [2.24, 2.45) is 0 Å². The average Bonchev–Trinajstić information content (AvgIpc) is 2.92. The maximum atomic E-state index is 12.5. The summed E-state index contributed by atoms with van der Waals surface area (Å²) in [6.45, 7) is 6.38. The van der Waals surface area contributed by atoms with Gasteiger partial charge in [0.1, 0.15) is 12.4 Å². The van der Waals surface area contributed by atoms with Gasteiger partial charge in [0, 0.05) is 12.1 Å². The number of carbonyl (C=O) groups excluding carboxylic acids is 1. The van der Waals surface area contributed by atoms with Crippen molar-refractivity contribution in [3.05, 3.63) is 58.9 Å². The van der Waals surface area contributed by atoms with Crippen LogP contribution in [0.15, 0.2) is 36.4 Å². The lowest BCUT2D eigenvalue weighted by Crippen LogP contribution is -2.20. The van der Waals surface area contributed by atoms with Gasteiger partial charge in [-0.05, 0) is 61.4 Å². The van der Waals surface area contributed by atoms with Gasteiger partial charge in [0.05, 0.1) is 22.7 Å². The summed E-state index contributed by atoms with van der Waals surface area (Å²) in [4.78, 5) is 17.1. The topological polar surface area (TPSA) is 70.7 Å².